The molecule has 1 saturated heterocycles. The first-order valence-corrected chi connectivity index (χ1v) is 7.68. The number of aldehydes is 1. The predicted octanol–water partition coefficient (Wildman–Crippen LogP) is 3.08. The summed E-state index contributed by atoms with van der Waals surface area (Å²) in [6.07, 6.45) is 4.67. The van der Waals surface area contributed by atoms with Gasteiger partial charge in [-0.2, -0.15) is 0 Å². The second-order valence-corrected chi connectivity index (χ2v) is 5.59. The van der Waals surface area contributed by atoms with Crippen molar-refractivity contribution < 1.29 is 9.53 Å². The zero-order valence-corrected chi connectivity index (χ0v) is 12.5. The van der Waals surface area contributed by atoms with Gasteiger partial charge in [0.05, 0.1) is 6.20 Å². The van der Waals surface area contributed by atoms with Gasteiger partial charge in [-0.1, -0.05) is 30.3 Å². The largest absolute Gasteiger partial charge is 0.487 e. The van der Waals surface area contributed by atoms with Gasteiger partial charge >= 0.3 is 0 Å². The lowest BCUT2D eigenvalue weighted by atomic mass is 9.99. The molecule has 1 aromatic heterocycles. The summed E-state index contributed by atoms with van der Waals surface area (Å²) >= 11 is 0. The number of pyridine rings is 1. The zero-order valence-electron chi connectivity index (χ0n) is 12.5. The van der Waals surface area contributed by atoms with Gasteiger partial charge in [-0.25, -0.2) is 4.98 Å². The molecular formula is C18H20N2O2. The minimum Gasteiger partial charge on any atom is -0.487 e. The van der Waals surface area contributed by atoms with Crippen LogP contribution < -0.4 is 9.64 Å². The minimum atomic E-state index is 0.213. The summed E-state index contributed by atoms with van der Waals surface area (Å²) in [6.45, 7) is 2.33. The van der Waals surface area contributed by atoms with Crippen LogP contribution in [-0.2, 0) is 11.4 Å². The fraction of sp³-hybridized carbons (Fsp3) is 0.333. The van der Waals surface area contributed by atoms with E-state index in [1.807, 2.05) is 42.5 Å². The maximum Gasteiger partial charge on any atom is 0.138 e. The van der Waals surface area contributed by atoms with E-state index in [9.17, 15) is 4.79 Å². The highest BCUT2D eigenvalue weighted by molar-refractivity contribution is 5.54. The van der Waals surface area contributed by atoms with Crippen molar-refractivity contribution >= 4 is 12.1 Å². The number of anilines is 1. The van der Waals surface area contributed by atoms with Gasteiger partial charge < -0.3 is 14.4 Å². The van der Waals surface area contributed by atoms with E-state index in [1.165, 1.54) is 0 Å². The lowest BCUT2D eigenvalue weighted by Gasteiger charge is -2.30. The summed E-state index contributed by atoms with van der Waals surface area (Å²) in [5, 5.41) is 0. The average Bonchev–Trinajstić information content (AvgIpc) is 2.61. The number of ether oxygens (including phenoxy) is 1. The molecule has 0 atom stereocenters. The van der Waals surface area contributed by atoms with E-state index in [4.69, 9.17) is 4.74 Å². The number of carbonyl (C=O) groups excluding carboxylic acids is 1. The second-order valence-electron chi connectivity index (χ2n) is 5.59. The van der Waals surface area contributed by atoms with Gasteiger partial charge in [-0.15, -0.1) is 0 Å². The Kier molecular flexibility index (Phi) is 4.68. The van der Waals surface area contributed by atoms with Gasteiger partial charge in [0, 0.05) is 19.0 Å². The van der Waals surface area contributed by atoms with Gasteiger partial charge in [0.25, 0.3) is 0 Å². The fourth-order valence-corrected chi connectivity index (χ4v) is 2.65. The van der Waals surface area contributed by atoms with Gasteiger partial charge in [0.15, 0.2) is 0 Å². The molecule has 1 aliphatic heterocycles. The highest BCUT2D eigenvalue weighted by atomic mass is 16.5. The van der Waals surface area contributed by atoms with Gasteiger partial charge in [-0.05, 0) is 30.5 Å². The third-order valence-corrected chi connectivity index (χ3v) is 4.03. The number of carbonyl (C=O) groups is 1. The summed E-state index contributed by atoms with van der Waals surface area (Å²) in [6, 6.07) is 14.0. The van der Waals surface area contributed by atoms with Crippen LogP contribution in [-0.4, -0.2) is 24.4 Å². The molecule has 1 aliphatic rings. The zero-order chi connectivity index (χ0) is 15.2. The molecule has 0 unspecified atom stereocenters. The van der Waals surface area contributed by atoms with Crippen LogP contribution in [0.25, 0.3) is 0 Å². The van der Waals surface area contributed by atoms with Crippen molar-refractivity contribution in [3.8, 4) is 5.75 Å². The molecule has 1 fully saturated rings. The Bertz CT molecular complexity index is 590. The number of benzene rings is 1. The molecule has 0 amide bonds. The number of nitrogens with zero attached hydrogens (tertiary/aromatic N) is 2. The minimum absolute atomic E-state index is 0.213. The Balaban J connectivity index is 1.55. The number of rotatable bonds is 5. The molecule has 0 aliphatic carbocycles. The second kappa shape index (κ2) is 7.07. The molecule has 0 saturated carbocycles. The number of hydrogen-bond acceptors (Lipinski definition) is 4. The smallest absolute Gasteiger partial charge is 0.138 e. The van der Waals surface area contributed by atoms with Crippen molar-refractivity contribution in [3.05, 3.63) is 54.2 Å². The molecule has 0 N–H and O–H groups in total. The lowest BCUT2D eigenvalue weighted by Crippen LogP contribution is -2.34. The van der Waals surface area contributed by atoms with Crippen LogP contribution >= 0.6 is 0 Å². The third-order valence-electron chi connectivity index (χ3n) is 4.03. The van der Waals surface area contributed by atoms with E-state index in [-0.39, 0.29) is 5.92 Å². The quantitative estimate of drug-likeness (QED) is 0.795. The van der Waals surface area contributed by atoms with Crippen molar-refractivity contribution in [2.45, 2.75) is 19.4 Å². The van der Waals surface area contributed by atoms with E-state index in [0.29, 0.717) is 6.61 Å². The van der Waals surface area contributed by atoms with Crippen LogP contribution in [0.3, 0.4) is 0 Å². The van der Waals surface area contributed by atoms with Crippen molar-refractivity contribution in [2.75, 3.05) is 18.0 Å². The summed E-state index contributed by atoms with van der Waals surface area (Å²) < 4.78 is 5.74. The molecule has 22 heavy (non-hydrogen) atoms. The standard InChI is InChI=1S/C18H20N2O2/c21-13-15-8-10-20(11-9-15)18-7-6-17(12-19-18)22-14-16-4-2-1-3-5-16/h1-7,12-13,15H,8-11,14H2. The normalized spacial score (nSPS) is 15.5. The third kappa shape index (κ3) is 3.64. The first kappa shape index (κ1) is 14.6. The summed E-state index contributed by atoms with van der Waals surface area (Å²) in [4.78, 5) is 17.5. The Morgan fingerprint density at radius 3 is 2.55 bits per heavy atom. The predicted molar refractivity (Wildman–Crippen MR) is 86.0 cm³/mol. The molecule has 1 aromatic carbocycles. The molecule has 2 aromatic rings. The highest BCUT2D eigenvalue weighted by Crippen LogP contribution is 2.22. The molecule has 2 heterocycles. The SMILES string of the molecule is O=CC1CCN(c2ccc(OCc3ccccc3)cn2)CC1. The summed E-state index contributed by atoms with van der Waals surface area (Å²) in [7, 11) is 0. The number of aromatic nitrogens is 1. The summed E-state index contributed by atoms with van der Waals surface area (Å²) in [5.74, 6) is 1.94. The van der Waals surface area contributed by atoms with Crippen molar-refractivity contribution in [3.63, 3.8) is 0 Å². The molecule has 3 rings (SSSR count). The topological polar surface area (TPSA) is 42.4 Å². The molecule has 0 radical (unpaired) electrons. The first-order chi connectivity index (χ1) is 10.8. The van der Waals surface area contributed by atoms with E-state index in [0.717, 1.165) is 49.3 Å². The van der Waals surface area contributed by atoms with Crippen LogP contribution in [0, 0.1) is 5.92 Å². The van der Waals surface area contributed by atoms with Crippen LogP contribution in [0.1, 0.15) is 18.4 Å². The van der Waals surface area contributed by atoms with Gasteiger partial charge in [0.1, 0.15) is 24.5 Å². The Morgan fingerprint density at radius 1 is 1.14 bits per heavy atom. The van der Waals surface area contributed by atoms with Gasteiger partial charge in [-0.3, -0.25) is 0 Å². The van der Waals surface area contributed by atoms with Crippen LogP contribution in [0.5, 0.6) is 5.75 Å². The number of hydrogen-bond donors (Lipinski definition) is 0. The lowest BCUT2D eigenvalue weighted by molar-refractivity contribution is -0.111. The maximum absolute atomic E-state index is 10.8. The van der Waals surface area contributed by atoms with Crippen molar-refractivity contribution in [1.82, 2.24) is 4.98 Å². The Hall–Kier alpha value is -2.36. The van der Waals surface area contributed by atoms with E-state index in [1.54, 1.807) is 6.20 Å². The molecule has 114 valence electrons. The van der Waals surface area contributed by atoms with Crippen molar-refractivity contribution in [2.24, 2.45) is 5.92 Å². The van der Waals surface area contributed by atoms with E-state index < -0.39 is 0 Å². The molecule has 0 spiro atoms. The Labute approximate surface area is 130 Å². The van der Waals surface area contributed by atoms with E-state index >= 15 is 0 Å². The molecule has 4 nitrogen and oxygen atoms in total. The van der Waals surface area contributed by atoms with Gasteiger partial charge in [0.2, 0.25) is 0 Å². The highest BCUT2D eigenvalue weighted by Gasteiger charge is 2.19. The maximum atomic E-state index is 10.8. The fourth-order valence-electron chi connectivity index (χ4n) is 2.65. The average molecular weight is 296 g/mol. The molecule has 4 heteroatoms. The van der Waals surface area contributed by atoms with Crippen LogP contribution in [0.15, 0.2) is 48.7 Å². The molecular weight excluding hydrogens is 276 g/mol. The van der Waals surface area contributed by atoms with Crippen LogP contribution in [0.4, 0.5) is 5.82 Å². The van der Waals surface area contributed by atoms with Crippen LogP contribution in [0.2, 0.25) is 0 Å². The van der Waals surface area contributed by atoms with Crippen molar-refractivity contribution in [1.29, 1.82) is 0 Å². The first-order valence-electron chi connectivity index (χ1n) is 7.68. The monoisotopic (exact) mass is 296 g/mol. The Morgan fingerprint density at radius 2 is 1.91 bits per heavy atom. The summed E-state index contributed by atoms with van der Waals surface area (Å²) in [5.41, 5.74) is 1.14. The van der Waals surface area contributed by atoms with E-state index in [2.05, 4.69) is 9.88 Å². The number of piperidine rings is 1. The molecule has 0 bridgehead atoms.